The lowest BCUT2D eigenvalue weighted by Crippen LogP contribution is -2.19. The highest BCUT2D eigenvalue weighted by molar-refractivity contribution is 5.91. The van der Waals surface area contributed by atoms with Gasteiger partial charge in [-0.3, -0.25) is 4.79 Å². The van der Waals surface area contributed by atoms with Gasteiger partial charge in [0, 0.05) is 17.4 Å². The molecule has 0 radical (unpaired) electrons. The Kier molecular flexibility index (Phi) is 4.76. The van der Waals surface area contributed by atoms with Crippen molar-refractivity contribution in [2.45, 2.75) is 20.4 Å². The molecule has 0 aliphatic heterocycles. The second kappa shape index (κ2) is 7.52. The highest BCUT2D eigenvalue weighted by atomic mass is 16.4. The molecule has 0 fully saturated rings. The number of aryl methyl sites for hydroxylation is 2. The summed E-state index contributed by atoms with van der Waals surface area (Å²) in [4.78, 5) is 12.6. The van der Waals surface area contributed by atoms with Gasteiger partial charge in [0.05, 0.1) is 0 Å². The summed E-state index contributed by atoms with van der Waals surface area (Å²) in [5.74, 6) is 0.709. The first kappa shape index (κ1) is 17.7. The van der Waals surface area contributed by atoms with Crippen LogP contribution in [0.4, 0.5) is 5.69 Å². The van der Waals surface area contributed by atoms with Crippen LogP contribution in [0.2, 0.25) is 0 Å². The molecule has 0 spiro atoms. The van der Waals surface area contributed by atoms with E-state index in [-0.39, 0.29) is 12.5 Å². The Balaban J connectivity index is 1.52. The molecule has 28 heavy (non-hydrogen) atoms. The monoisotopic (exact) mass is 372 g/mol. The van der Waals surface area contributed by atoms with Crippen molar-refractivity contribution in [3.63, 3.8) is 0 Å². The predicted molar refractivity (Wildman–Crippen MR) is 108 cm³/mol. The number of aromatic nitrogens is 3. The SMILES string of the molecule is Cc1ccc(C)c(NC(=O)Cn2cccc2-c2nnc(-c3ccccc3)o2)c1. The fraction of sp³-hybridized carbons (Fsp3) is 0.136. The lowest BCUT2D eigenvalue weighted by atomic mass is 10.1. The molecule has 2 aromatic heterocycles. The van der Waals surface area contributed by atoms with Gasteiger partial charge >= 0.3 is 0 Å². The first-order valence-electron chi connectivity index (χ1n) is 9.02. The van der Waals surface area contributed by atoms with Gasteiger partial charge < -0.3 is 14.3 Å². The zero-order valence-corrected chi connectivity index (χ0v) is 15.7. The minimum absolute atomic E-state index is 0.117. The minimum atomic E-state index is -0.117. The fourth-order valence-corrected chi connectivity index (χ4v) is 2.99. The molecule has 0 aliphatic carbocycles. The van der Waals surface area contributed by atoms with Gasteiger partial charge in [0.25, 0.3) is 5.89 Å². The van der Waals surface area contributed by atoms with Crippen LogP contribution in [0.5, 0.6) is 0 Å². The number of nitrogens with zero attached hydrogens (tertiary/aromatic N) is 3. The van der Waals surface area contributed by atoms with Gasteiger partial charge in [-0.25, -0.2) is 0 Å². The highest BCUT2D eigenvalue weighted by Gasteiger charge is 2.15. The predicted octanol–water partition coefficient (Wildman–Crippen LogP) is 4.46. The smallest absolute Gasteiger partial charge is 0.264 e. The summed E-state index contributed by atoms with van der Waals surface area (Å²) in [5.41, 5.74) is 4.50. The lowest BCUT2D eigenvalue weighted by molar-refractivity contribution is -0.116. The molecule has 0 aliphatic rings. The molecule has 0 saturated carbocycles. The van der Waals surface area contributed by atoms with Crippen molar-refractivity contribution >= 4 is 11.6 Å². The molecule has 0 unspecified atom stereocenters. The molecule has 4 rings (SSSR count). The maximum Gasteiger partial charge on any atom is 0.264 e. The van der Waals surface area contributed by atoms with E-state index in [2.05, 4.69) is 15.5 Å². The van der Waals surface area contributed by atoms with E-state index < -0.39 is 0 Å². The number of anilines is 1. The third kappa shape index (κ3) is 3.71. The first-order chi connectivity index (χ1) is 13.6. The van der Waals surface area contributed by atoms with Crippen LogP contribution in [0.15, 0.2) is 71.3 Å². The zero-order chi connectivity index (χ0) is 19.5. The van der Waals surface area contributed by atoms with Crippen LogP contribution in [-0.4, -0.2) is 20.7 Å². The van der Waals surface area contributed by atoms with Gasteiger partial charge in [-0.05, 0) is 55.3 Å². The Bertz CT molecular complexity index is 1110. The summed E-state index contributed by atoms with van der Waals surface area (Å²) in [6, 6.07) is 19.3. The Hall–Kier alpha value is -3.67. The van der Waals surface area contributed by atoms with Crippen molar-refractivity contribution in [3.8, 4) is 23.0 Å². The van der Waals surface area contributed by atoms with Crippen LogP contribution < -0.4 is 5.32 Å². The molecule has 140 valence electrons. The van der Waals surface area contributed by atoms with Crippen molar-refractivity contribution in [2.24, 2.45) is 0 Å². The maximum absolute atomic E-state index is 12.6. The van der Waals surface area contributed by atoms with Gasteiger partial charge in [-0.1, -0.05) is 30.3 Å². The standard InChI is InChI=1S/C22H20N4O2/c1-15-10-11-16(2)18(13-15)23-20(27)14-26-12-6-9-19(26)22-25-24-21(28-22)17-7-4-3-5-8-17/h3-13H,14H2,1-2H3,(H,23,27). The molecule has 1 amide bonds. The number of nitrogens with one attached hydrogen (secondary N) is 1. The van der Waals surface area contributed by atoms with Crippen LogP contribution >= 0.6 is 0 Å². The van der Waals surface area contributed by atoms with E-state index in [1.54, 1.807) is 4.57 Å². The normalized spacial score (nSPS) is 10.8. The molecular formula is C22H20N4O2. The molecule has 6 heteroatoms. The number of benzene rings is 2. The minimum Gasteiger partial charge on any atom is -0.415 e. The summed E-state index contributed by atoms with van der Waals surface area (Å²) in [5, 5.41) is 11.2. The van der Waals surface area contributed by atoms with E-state index in [0.29, 0.717) is 17.5 Å². The van der Waals surface area contributed by atoms with Crippen LogP contribution in [0, 0.1) is 13.8 Å². The summed E-state index contributed by atoms with van der Waals surface area (Å²) >= 11 is 0. The number of amides is 1. The second-order valence-corrected chi connectivity index (χ2v) is 6.67. The van der Waals surface area contributed by atoms with E-state index in [4.69, 9.17) is 4.42 Å². The van der Waals surface area contributed by atoms with Crippen molar-refractivity contribution in [2.75, 3.05) is 5.32 Å². The molecule has 0 bridgehead atoms. The fourth-order valence-electron chi connectivity index (χ4n) is 2.99. The molecule has 4 aromatic rings. The van der Waals surface area contributed by atoms with Crippen molar-refractivity contribution in [3.05, 3.63) is 78.0 Å². The van der Waals surface area contributed by atoms with E-state index >= 15 is 0 Å². The van der Waals surface area contributed by atoms with Gasteiger partial charge in [0.15, 0.2) is 0 Å². The van der Waals surface area contributed by atoms with Gasteiger partial charge in [-0.15, -0.1) is 10.2 Å². The number of carbonyl (C=O) groups is 1. The summed E-state index contributed by atoms with van der Waals surface area (Å²) in [6.45, 7) is 4.12. The Morgan fingerprint density at radius 1 is 1.00 bits per heavy atom. The topological polar surface area (TPSA) is 73.0 Å². The van der Waals surface area contributed by atoms with Gasteiger partial charge in [0.2, 0.25) is 11.8 Å². The lowest BCUT2D eigenvalue weighted by Gasteiger charge is -2.11. The van der Waals surface area contributed by atoms with E-state index in [9.17, 15) is 4.79 Å². The molecule has 0 atom stereocenters. The quantitative estimate of drug-likeness (QED) is 0.561. The van der Waals surface area contributed by atoms with Crippen LogP contribution in [-0.2, 0) is 11.3 Å². The van der Waals surface area contributed by atoms with Crippen molar-refractivity contribution in [1.29, 1.82) is 0 Å². The third-order valence-electron chi connectivity index (χ3n) is 4.48. The number of carbonyl (C=O) groups excluding carboxylic acids is 1. The summed E-state index contributed by atoms with van der Waals surface area (Å²) < 4.78 is 7.61. The summed E-state index contributed by atoms with van der Waals surface area (Å²) in [6.07, 6.45) is 1.82. The molecule has 2 aromatic carbocycles. The van der Waals surface area contributed by atoms with Crippen LogP contribution in [0.1, 0.15) is 11.1 Å². The highest BCUT2D eigenvalue weighted by Crippen LogP contribution is 2.24. The largest absolute Gasteiger partial charge is 0.415 e. The van der Waals surface area contributed by atoms with Crippen LogP contribution in [0.3, 0.4) is 0 Å². The van der Waals surface area contributed by atoms with Crippen molar-refractivity contribution in [1.82, 2.24) is 14.8 Å². The van der Waals surface area contributed by atoms with Gasteiger partial charge in [0.1, 0.15) is 12.2 Å². The van der Waals surface area contributed by atoms with E-state index in [1.165, 1.54) is 0 Å². The summed E-state index contributed by atoms with van der Waals surface area (Å²) in [7, 11) is 0. The Labute approximate surface area is 162 Å². The molecule has 0 saturated heterocycles. The molecular weight excluding hydrogens is 352 g/mol. The Morgan fingerprint density at radius 3 is 2.61 bits per heavy atom. The number of rotatable bonds is 5. The molecule has 2 heterocycles. The van der Waals surface area contributed by atoms with Gasteiger partial charge in [-0.2, -0.15) is 0 Å². The molecule has 6 nitrogen and oxygen atoms in total. The zero-order valence-electron chi connectivity index (χ0n) is 15.7. The van der Waals surface area contributed by atoms with E-state index in [1.807, 2.05) is 80.7 Å². The second-order valence-electron chi connectivity index (χ2n) is 6.67. The average Bonchev–Trinajstić information content (AvgIpc) is 3.34. The van der Waals surface area contributed by atoms with E-state index in [0.717, 1.165) is 22.4 Å². The first-order valence-corrected chi connectivity index (χ1v) is 9.02. The maximum atomic E-state index is 12.6. The number of hydrogen-bond donors (Lipinski definition) is 1. The Morgan fingerprint density at radius 2 is 1.79 bits per heavy atom. The third-order valence-corrected chi connectivity index (χ3v) is 4.48. The van der Waals surface area contributed by atoms with Crippen LogP contribution in [0.25, 0.3) is 23.0 Å². The average molecular weight is 372 g/mol. The van der Waals surface area contributed by atoms with Crippen molar-refractivity contribution < 1.29 is 9.21 Å². The molecule has 1 N–H and O–H groups in total. The number of hydrogen-bond acceptors (Lipinski definition) is 4.